The molecule has 0 N–H and O–H groups in total. The average Bonchev–Trinajstić information content (AvgIpc) is 3.02. The second-order valence-corrected chi connectivity index (χ2v) is 8.48. The maximum Gasteiger partial charge on any atom is 0.339 e. The topological polar surface area (TPSA) is 82.1 Å². The zero-order valence-electron chi connectivity index (χ0n) is 13.2. The highest BCUT2D eigenvalue weighted by Gasteiger charge is 2.44. The molecule has 7 nitrogen and oxygen atoms in total. The smallest absolute Gasteiger partial charge is 0.339 e. The van der Waals surface area contributed by atoms with Gasteiger partial charge in [-0.1, -0.05) is 0 Å². The average molecular weight is 420 g/mol. The minimum Gasteiger partial charge on any atom is -0.465 e. The number of carbonyl (C=O) groups excluding carboxylic acids is 1. The third-order valence-corrected chi connectivity index (χ3v) is 6.71. The number of esters is 1. The number of methoxy groups -OCH3 is 1. The first-order valence-corrected chi connectivity index (χ1v) is 9.77. The van der Waals surface area contributed by atoms with Crippen LogP contribution in [0.15, 0.2) is 27.6 Å². The van der Waals surface area contributed by atoms with E-state index in [1.54, 1.807) is 0 Å². The summed E-state index contributed by atoms with van der Waals surface area (Å²) in [6.07, 6.45) is 1.33. The second kappa shape index (κ2) is 6.72. The Morgan fingerprint density at radius 2 is 2.04 bits per heavy atom. The maximum absolute atomic E-state index is 12.9. The van der Waals surface area contributed by atoms with Crippen molar-refractivity contribution >= 4 is 31.9 Å². The predicted octanol–water partition coefficient (Wildman–Crippen LogP) is 1.76. The highest BCUT2D eigenvalue weighted by molar-refractivity contribution is 9.10. The Balaban J connectivity index is 1.91. The molecule has 0 radical (unpaired) electrons. The van der Waals surface area contributed by atoms with Crippen LogP contribution < -0.4 is 0 Å². The number of piperidine rings is 1. The molecular weight excluding hydrogens is 402 g/mol. The molecule has 3 rings (SSSR count). The fourth-order valence-corrected chi connectivity index (χ4v) is 4.92. The molecule has 132 valence electrons. The van der Waals surface area contributed by atoms with Crippen molar-refractivity contribution in [2.45, 2.75) is 23.5 Å². The van der Waals surface area contributed by atoms with Crippen LogP contribution in [0.5, 0.6) is 0 Å². The minimum absolute atomic E-state index is 0.0427. The quantitative estimate of drug-likeness (QED) is 0.694. The highest BCUT2D eigenvalue weighted by Crippen LogP contribution is 2.33. The molecule has 0 aliphatic carbocycles. The van der Waals surface area contributed by atoms with Gasteiger partial charge in [-0.25, -0.2) is 13.2 Å². The lowest BCUT2D eigenvalue weighted by molar-refractivity contribution is -0.179. The zero-order chi connectivity index (χ0) is 17.4. The molecular formula is C15H18BrNO6S. The van der Waals surface area contributed by atoms with Crippen LogP contribution in [0.25, 0.3) is 0 Å². The van der Waals surface area contributed by atoms with E-state index in [0.717, 1.165) is 0 Å². The lowest BCUT2D eigenvalue weighted by Gasteiger charge is -2.37. The van der Waals surface area contributed by atoms with Gasteiger partial charge in [0.1, 0.15) is 0 Å². The first kappa shape index (κ1) is 17.8. The van der Waals surface area contributed by atoms with Crippen LogP contribution in [0, 0.1) is 0 Å². The van der Waals surface area contributed by atoms with Gasteiger partial charge < -0.3 is 14.2 Å². The number of nitrogens with zero attached hydrogens (tertiary/aromatic N) is 1. The molecule has 24 heavy (non-hydrogen) atoms. The van der Waals surface area contributed by atoms with Crippen LogP contribution in [0.1, 0.15) is 23.2 Å². The third kappa shape index (κ3) is 3.23. The molecule has 2 fully saturated rings. The second-order valence-electron chi connectivity index (χ2n) is 5.68. The van der Waals surface area contributed by atoms with E-state index in [0.29, 0.717) is 37.1 Å². The largest absolute Gasteiger partial charge is 0.465 e. The first-order chi connectivity index (χ1) is 11.4. The van der Waals surface area contributed by atoms with E-state index >= 15 is 0 Å². The number of carbonyl (C=O) groups is 1. The van der Waals surface area contributed by atoms with Crippen LogP contribution in [0.4, 0.5) is 0 Å². The lowest BCUT2D eigenvalue weighted by Crippen LogP contribution is -2.50. The lowest BCUT2D eigenvalue weighted by atomic mass is 10.1. The van der Waals surface area contributed by atoms with Gasteiger partial charge in [-0.3, -0.25) is 0 Å². The van der Waals surface area contributed by atoms with Gasteiger partial charge in [-0.2, -0.15) is 4.31 Å². The minimum atomic E-state index is -3.76. The van der Waals surface area contributed by atoms with Gasteiger partial charge in [-0.15, -0.1) is 0 Å². The Labute approximate surface area is 149 Å². The summed E-state index contributed by atoms with van der Waals surface area (Å²) in [7, 11) is -2.51. The van der Waals surface area contributed by atoms with Crippen molar-refractivity contribution in [3.8, 4) is 0 Å². The Morgan fingerprint density at radius 3 is 2.71 bits per heavy atom. The maximum atomic E-state index is 12.9. The molecule has 1 aromatic carbocycles. The van der Waals surface area contributed by atoms with Gasteiger partial charge in [0, 0.05) is 17.4 Å². The molecule has 1 spiro atoms. The molecule has 0 atom stereocenters. The van der Waals surface area contributed by atoms with E-state index in [4.69, 9.17) is 9.47 Å². The van der Waals surface area contributed by atoms with Crippen molar-refractivity contribution in [3.63, 3.8) is 0 Å². The summed E-state index contributed by atoms with van der Waals surface area (Å²) in [6.45, 7) is 1.48. The molecule has 2 aliphatic rings. The molecule has 2 heterocycles. The summed E-state index contributed by atoms with van der Waals surface area (Å²) < 4.78 is 43.7. The van der Waals surface area contributed by atoms with E-state index in [2.05, 4.69) is 20.7 Å². The number of sulfonamides is 1. The van der Waals surface area contributed by atoms with Gasteiger partial charge in [0.2, 0.25) is 10.0 Å². The molecule has 9 heteroatoms. The summed E-state index contributed by atoms with van der Waals surface area (Å²) in [5.41, 5.74) is 0.165. The molecule has 0 aromatic heterocycles. The Hall–Kier alpha value is -1.00. The molecule has 0 unspecified atom stereocenters. The van der Waals surface area contributed by atoms with Crippen LogP contribution in [-0.2, 0) is 24.2 Å². The molecule has 2 saturated heterocycles. The number of hydrogen-bond acceptors (Lipinski definition) is 6. The number of benzene rings is 1. The Morgan fingerprint density at radius 1 is 1.33 bits per heavy atom. The van der Waals surface area contributed by atoms with Crippen LogP contribution in [0.2, 0.25) is 0 Å². The Bertz CT molecular complexity index is 744. The standard InChI is InChI=1S/C15H18BrNO6S/c1-21-14(18)12-9-11(3-4-13(12)16)24(19,20)17-6-2-5-15(10-17)22-7-8-23-15/h3-4,9H,2,5-8,10H2,1H3. The van der Waals surface area contributed by atoms with E-state index in [1.807, 2.05) is 0 Å². The third-order valence-electron chi connectivity index (χ3n) is 4.18. The summed E-state index contributed by atoms with van der Waals surface area (Å²) in [5, 5.41) is 0. The fourth-order valence-electron chi connectivity index (χ4n) is 2.97. The molecule has 0 amide bonds. The van der Waals surface area contributed by atoms with Crippen molar-refractivity contribution in [3.05, 3.63) is 28.2 Å². The molecule has 1 aromatic rings. The van der Waals surface area contributed by atoms with E-state index in [-0.39, 0.29) is 17.0 Å². The van der Waals surface area contributed by atoms with E-state index in [1.165, 1.54) is 29.6 Å². The van der Waals surface area contributed by atoms with Crippen molar-refractivity contribution in [1.82, 2.24) is 4.31 Å². The van der Waals surface area contributed by atoms with Gasteiger partial charge in [-0.05, 0) is 40.5 Å². The van der Waals surface area contributed by atoms with Crippen molar-refractivity contribution < 1.29 is 27.4 Å². The SMILES string of the molecule is COC(=O)c1cc(S(=O)(=O)N2CCCC3(C2)OCCO3)ccc1Br. The van der Waals surface area contributed by atoms with Gasteiger partial charge in [0.15, 0.2) is 5.79 Å². The number of hydrogen-bond donors (Lipinski definition) is 0. The summed E-state index contributed by atoms with van der Waals surface area (Å²) in [4.78, 5) is 11.8. The monoisotopic (exact) mass is 419 g/mol. The van der Waals surface area contributed by atoms with E-state index in [9.17, 15) is 13.2 Å². The van der Waals surface area contributed by atoms with Crippen LogP contribution >= 0.6 is 15.9 Å². The molecule has 2 aliphatic heterocycles. The first-order valence-electron chi connectivity index (χ1n) is 7.54. The number of rotatable bonds is 3. The van der Waals surface area contributed by atoms with Crippen molar-refractivity contribution in [1.29, 1.82) is 0 Å². The normalized spacial score (nSPS) is 21.1. The van der Waals surface area contributed by atoms with Crippen molar-refractivity contribution in [2.24, 2.45) is 0 Å². The summed E-state index contributed by atoms with van der Waals surface area (Å²) in [6, 6.07) is 4.31. The van der Waals surface area contributed by atoms with Gasteiger partial charge >= 0.3 is 5.97 Å². The van der Waals surface area contributed by atoms with E-state index < -0.39 is 21.8 Å². The van der Waals surface area contributed by atoms with Crippen LogP contribution in [0.3, 0.4) is 0 Å². The summed E-state index contributed by atoms with van der Waals surface area (Å²) >= 11 is 3.23. The number of halogens is 1. The predicted molar refractivity (Wildman–Crippen MR) is 88.1 cm³/mol. The number of ether oxygens (including phenoxy) is 3. The molecule has 0 bridgehead atoms. The Kier molecular flexibility index (Phi) is 4.99. The molecule has 0 saturated carbocycles. The van der Waals surface area contributed by atoms with Crippen LogP contribution in [-0.4, -0.2) is 57.9 Å². The summed E-state index contributed by atoms with van der Waals surface area (Å²) in [5.74, 6) is -1.44. The van der Waals surface area contributed by atoms with Gasteiger partial charge in [0.05, 0.1) is 37.3 Å². The van der Waals surface area contributed by atoms with Gasteiger partial charge in [0.25, 0.3) is 0 Å². The highest BCUT2D eigenvalue weighted by atomic mass is 79.9. The fraction of sp³-hybridized carbons (Fsp3) is 0.533. The van der Waals surface area contributed by atoms with Crippen molar-refractivity contribution in [2.75, 3.05) is 33.4 Å². The zero-order valence-corrected chi connectivity index (χ0v) is 15.6.